The predicted molar refractivity (Wildman–Crippen MR) is 69.7 cm³/mol. The highest BCUT2D eigenvalue weighted by molar-refractivity contribution is 5.86. The maximum atomic E-state index is 9.34. The van der Waals surface area contributed by atoms with E-state index >= 15 is 0 Å². The van der Waals surface area contributed by atoms with Crippen molar-refractivity contribution in [2.75, 3.05) is 5.73 Å². The molecule has 0 atom stereocenters. The topological polar surface area (TPSA) is 121 Å². The summed E-state index contributed by atoms with van der Waals surface area (Å²) in [6.07, 6.45) is 1.33. The van der Waals surface area contributed by atoms with E-state index in [-0.39, 0.29) is 36.5 Å². The van der Waals surface area contributed by atoms with E-state index in [1.807, 2.05) is 0 Å². The molecular weight excluding hydrogens is 253 g/mol. The Labute approximate surface area is 105 Å². The van der Waals surface area contributed by atoms with Gasteiger partial charge in [0.15, 0.2) is 0 Å². The van der Waals surface area contributed by atoms with E-state index in [0.29, 0.717) is 11.3 Å². The Kier molecular flexibility index (Phi) is 7.97. The maximum absolute atomic E-state index is 9.34. The summed E-state index contributed by atoms with van der Waals surface area (Å²) >= 11 is 0. The van der Waals surface area contributed by atoms with Crippen LogP contribution in [0.4, 0.5) is 5.69 Å². The number of halogens is 2. The molecule has 0 saturated heterocycles. The number of hydrazone groups is 1. The smallest absolute Gasteiger partial charge is 0.206 e. The number of benzene rings is 1. The highest BCUT2D eigenvalue weighted by Crippen LogP contribution is 2.17. The van der Waals surface area contributed by atoms with Gasteiger partial charge in [0.25, 0.3) is 0 Å². The van der Waals surface area contributed by atoms with Crippen LogP contribution in [-0.2, 0) is 0 Å². The zero-order chi connectivity index (χ0) is 10.6. The monoisotopic (exact) mass is 265 g/mol. The van der Waals surface area contributed by atoms with Crippen molar-refractivity contribution >= 4 is 42.7 Å². The minimum absolute atomic E-state index is 0. The Morgan fingerprint density at radius 1 is 1.44 bits per heavy atom. The Bertz CT molecular complexity index is 383. The number of aromatic hydroxyl groups is 1. The number of nitrogens with zero attached hydrogens (tertiary/aromatic N) is 1. The van der Waals surface area contributed by atoms with E-state index in [9.17, 15) is 5.11 Å². The number of phenolic OH excluding ortho intramolecular Hbond substituents is 1. The SMILES string of the molecule is Cl.Cl.N=C(N)N/N=C/c1cc(N)ccc1O. The van der Waals surface area contributed by atoms with Crippen molar-refractivity contribution in [1.82, 2.24) is 5.43 Å². The van der Waals surface area contributed by atoms with Gasteiger partial charge >= 0.3 is 0 Å². The van der Waals surface area contributed by atoms with Gasteiger partial charge < -0.3 is 16.6 Å². The normalized spacial score (nSPS) is 9.00. The van der Waals surface area contributed by atoms with Gasteiger partial charge in [-0.1, -0.05) is 0 Å². The summed E-state index contributed by atoms with van der Waals surface area (Å²) in [7, 11) is 0. The zero-order valence-electron chi connectivity index (χ0n) is 8.18. The van der Waals surface area contributed by atoms with Crippen LogP contribution in [0.15, 0.2) is 23.3 Å². The summed E-state index contributed by atoms with van der Waals surface area (Å²) in [5, 5.41) is 19.8. The van der Waals surface area contributed by atoms with Crippen LogP contribution in [0, 0.1) is 5.41 Å². The van der Waals surface area contributed by atoms with Gasteiger partial charge in [-0.15, -0.1) is 24.8 Å². The number of phenols is 1. The fourth-order valence-electron chi connectivity index (χ4n) is 0.848. The quantitative estimate of drug-likeness (QED) is 0.177. The third-order valence-electron chi connectivity index (χ3n) is 1.44. The first kappa shape index (κ1) is 16.8. The zero-order valence-corrected chi connectivity index (χ0v) is 9.81. The van der Waals surface area contributed by atoms with Crippen LogP contribution in [0.1, 0.15) is 5.56 Å². The minimum Gasteiger partial charge on any atom is -0.507 e. The number of nitrogens with two attached hydrogens (primary N) is 2. The fraction of sp³-hybridized carbons (Fsp3) is 0. The molecule has 1 rings (SSSR count). The van der Waals surface area contributed by atoms with Gasteiger partial charge in [-0.2, -0.15) is 5.10 Å². The summed E-state index contributed by atoms with van der Waals surface area (Å²) in [6.45, 7) is 0. The highest BCUT2D eigenvalue weighted by Gasteiger charge is 1.97. The Morgan fingerprint density at radius 3 is 2.62 bits per heavy atom. The number of rotatable bonds is 2. The molecule has 0 radical (unpaired) electrons. The first-order valence-corrected chi connectivity index (χ1v) is 3.81. The second kappa shape index (κ2) is 7.61. The van der Waals surface area contributed by atoms with Gasteiger partial charge in [0.2, 0.25) is 5.96 Å². The van der Waals surface area contributed by atoms with E-state index in [1.54, 1.807) is 12.1 Å². The first-order chi connectivity index (χ1) is 6.59. The molecule has 0 fully saturated rings. The average molecular weight is 266 g/mol. The minimum atomic E-state index is -0.273. The molecule has 0 aliphatic heterocycles. The molecule has 0 spiro atoms. The van der Waals surface area contributed by atoms with E-state index in [0.717, 1.165) is 0 Å². The second-order valence-corrected chi connectivity index (χ2v) is 2.60. The predicted octanol–water partition coefficient (Wildman–Crippen LogP) is 0.635. The lowest BCUT2D eigenvalue weighted by molar-refractivity contribution is 0.474. The molecule has 0 bridgehead atoms. The van der Waals surface area contributed by atoms with Crippen LogP contribution < -0.4 is 16.9 Å². The lowest BCUT2D eigenvalue weighted by atomic mass is 10.2. The van der Waals surface area contributed by atoms with Gasteiger partial charge in [-0.25, -0.2) is 5.43 Å². The van der Waals surface area contributed by atoms with Gasteiger partial charge in [-0.3, -0.25) is 5.41 Å². The van der Waals surface area contributed by atoms with Crippen LogP contribution in [0.2, 0.25) is 0 Å². The summed E-state index contributed by atoms with van der Waals surface area (Å²) in [5.74, 6) is -0.210. The third kappa shape index (κ3) is 5.28. The van der Waals surface area contributed by atoms with Crippen molar-refractivity contribution < 1.29 is 5.11 Å². The second-order valence-electron chi connectivity index (χ2n) is 2.60. The number of anilines is 1. The van der Waals surface area contributed by atoms with Crippen LogP contribution in [0.5, 0.6) is 5.75 Å². The van der Waals surface area contributed by atoms with Crippen LogP contribution >= 0.6 is 24.8 Å². The molecule has 0 saturated carbocycles. The number of guanidine groups is 1. The average Bonchev–Trinajstić information content (AvgIpc) is 2.10. The Morgan fingerprint density at radius 2 is 2.06 bits per heavy atom. The molecule has 16 heavy (non-hydrogen) atoms. The van der Waals surface area contributed by atoms with Crippen LogP contribution in [0.3, 0.4) is 0 Å². The standard InChI is InChI=1S/C8H11N5O.2ClH/c9-6-1-2-7(14)5(3-6)4-12-13-8(10)11;;/h1-4,14H,9H2,(H4,10,11,13);2*1H/b12-4+;;. The molecule has 7 N–H and O–H groups in total. The molecule has 6 nitrogen and oxygen atoms in total. The molecule has 8 heteroatoms. The van der Waals surface area contributed by atoms with Crippen molar-refractivity contribution in [3.05, 3.63) is 23.8 Å². The fourth-order valence-corrected chi connectivity index (χ4v) is 0.848. The number of nitrogens with one attached hydrogen (secondary N) is 2. The molecule has 1 aromatic rings. The molecule has 1 aromatic carbocycles. The highest BCUT2D eigenvalue weighted by atomic mass is 35.5. The molecule has 0 aliphatic rings. The van der Waals surface area contributed by atoms with Gasteiger partial charge in [0.05, 0.1) is 6.21 Å². The summed E-state index contributed by atoms with van der Waals surface area (Å²) in [5.41, 5.74) is 13.7. The number of hydrogen-bond acceptors (Lipinski definition) is 4. The van der Waals surface area contributed by atoms with Crippen molar-refractivity contribution in [3.8, 4) is 5.75 Å². The van der Waals surface area contributed by atoms with Crippen molar-refractivity contribution in [2.24, 2.45) is 10.8 Å². The van der Waals surface area contributed by atoms with Crippen molar-refractivity contribution in [2.45, 2.75) is 0 Å². The molecule has 0 aromatic heterocycles. The lowest BCUT2D eigenvalue weighted by Crippen LogP contribution is -2.25. The van der Waals surface area contributed by atoms with E-state index < -0.39 is 0 Å². The van der Waals surface area contributed by atoms with Gasteiger partial charge in [-0.05, 0) is 18.2 Å². The van der Waals surface area contributed by atoms with Crippen LogP contribution in [-0.4, -0.2) is 17.3 Å². The largest absolute Gasteiger partial charge is 0.507 e. The lowest BCUT2D eigenvalue weighted by Gasteiger charge is -2.00. The van der Waals surface area contributed by atoms with E-state index in [2.05, 4.69) is 10.5 Å². The Balaban J connectivity index is 0. The third-order valence-corrected chi connectivity index (χ3v) is 1.44. The van der Waals surface area contributed by atoms with Gasteiger partial charge in [0, 0.05) is 11.3 Å². The molecule has 0 heterocycles. The molecule has 0 aliphatic carbocycles. The van der Waals surface area contributed by atoms with Crippen molar-refractivity contribution in [1.29, 1.82) is 5.41 Å². The van der Waals surface area contributed by atoms with E-state index in [1.165, 1.54) is 12.3 Å². The molecular formula is C8H13Cl2N5O. The maximum Gasteiger partial charge on any atom is 0.206 e. The Hall–Kier alpha value is -1.66. The molecule has 0 unspecified atom stereocenters. The van der Waals surface area contributed by atoms with Crippen LogP contribution in [0.25, 0.3) is 0 Å². The first-order valence-electron chi connectivity index (χ1n) is 3.81. The molecule has 0 amide bonds. The summed E-state index contributed by atoms with van der Waals surface area (Å²) in [6, 6.07) is 4.59. The summed E-state index contributed by atoms with van der Waals surface area (Å²) in [4.78, 5) is 0. The van der Waals surface area contributed by atoms with Crippen molar-refractivity contribution in [3.63, 3.8) is 0 Å². The number of hydrogen-bond donors (Lipinski definition) is 5. The molecule has 90 valence electrons. The van der Waals surface area contributed by atoms with Gasteiger partial charge in [0.1, 0.15) is 5.75 Å². The summed E-state index contributed by atoms with van der Waals surface area (Å²) < 4.78 is 0. The van der Waals surface area contributed by atoms with E-state index in [4.69, 9.17) is 16.9 Å². The number of nitrogen functional groups attached to an aromatic ring is 1.